The van der Waals surface area contributed by atoms with Crippen molar-refractivity contribution in [1.29, 1.82) is 0 Å². The first-order valence-corrected chi connectivity index (χ1v) is 8.47. The maximum atomic E-state index is 11.2. The Labute approximate surface area is 150 Å². The molecule has 0 amide bonds. The fraction of sp³-hybridized carbons (Fsp3) is 0.353. The average molecular weight is 362 g/mol. The number of nitrogens with zero attached hydrogens (tertiary/aromatic N) is 2. The lowest BCUT2D eigenvalue weighted by atomic mass is 10.2. The third-order valence-corrected chi connectivity index (χ3v) is 4.46. The molecule has 0 spiro atoms. The fourth-order valence-electron chi connectivity index (χ4n) is 2.57. The Hall–Kier alpha value is -2.54. The Morgan fingerprint density at radius 3 is 2.64 bits per heavy atom. The Morgan fingerprint density at radius 1 is 1.36 bits per heavy atom. The largest absolute Gasteiger partial charge is 0.475 e. The molecule has 1 aliphatic carbocycles. The number of aromatic nitrogens is 2. The summed E-state index contributed by atoms with van der Waals surface area (Å²) in [5.41, 5.74) is 7.49. The van der Waals surface area contributed by atoms with Crippen LogP contribution < -0.4 is 16.4 Å². The number of carboxylic acid groups (broad SMARTS) is 1. The number of hydrogen-bond donors (Lipinski definition) is 4. The molecule has 1 fully saturated rings. The lowest BCUT2D eigenvalue weighted by molar-refractivity contribution is 0.0684. The molecular formula is C17H20ClN5O2. The average Bonchev–Trinajstić information content (AvgIpc) is 3.40. The maximum absolute atomic E-state index is 11.2. The normalized spacial score (nSPS) is 14.8. The number of rotatable bonds is 7. The van der Waals surface area contributed by atoms with Crippen LogP contribution in [0, 0.1) is 5.92 Å². The van der Waals surface area contributed by atoms with Crippen LogP contribution in [-0.4, -0.2) is 27.1 Å². The van der Waals surface area contributed by atoms with Crippen LogP contribution in [0.4, 0.5) is 17.3 Å². The van der Waals surface area contributed by atoms with Gasteiger partial charge in [-0.15, -0.1) is 0 Å². The van der Waals surface area contributed by atoms with Gasteiger partial charge < -0.3 is 21.5 Å². The number of aromatic carboxylic acids is 1. The third-order valence-electron chi connectivity index (χ3n) is 4.20. The fourth-order valence-corrected chi connectivity index (χ4v) is 2.70. The Morgan fingerprint density at radius 2 is 2.04 bits per heavy atom. The predicted molar refractivity (Wildman–Crippen MR) is 98.0 cm³/mol. The van der Waals surface area contributed by atoms with Gasteiger partial charge in [-0.1, -0.05) is 23.7 Å². The standard InChI is InChI=1S/C17H20ClN5O2/c1-9(11-4-5-11)21-15-13(14(19)22-16(23-15)17(24)25)20-8-10-2-6-12(18)7-3-10/h2-3,6-7,9,11,20H,4-5,8H2,1H3,(H,24,25)(H3,19,21,22,23)/t9-/m1/s1. The molecule has 5 N–H and O–H groups in total. The van der Waals surface area contributed by atoms with Crippen LogP contribution in [0.1, 0.15) is 35.9 Å². The minimum atomic E-state index is -1.21. The highest BCUT2D eigenvalue weighted by Gasteiger charge is 2.29. The van der Waals surface area contributed by atoms with Crippen LogP contribution in [0.15, 0.2) is 24.3 Å². The minimum absolute atomic E-state index is 0.104. The van der Waals surface area contributed by atoms with Crippen LogP contribution >= 0.6 is 11.6 Å². The van der Waals surface area contributed by atoms with E-state index in [1.54, 1.807) is 12.1 Å². The van der Waals surface area contributed by atoms with E-state index < -0.39 is 5.97 Å². The molecular weight excluding hydrogens is 342 g/mol. The van der Waals surface area contributed by atoms with Gasteiger partial charge in [-0.25, -0.2) is 14.8 Å². The van der Waals surface area contributed by atoms with Crippen molar-refractivity contribution in [2.24, 2.45) is 5.92 Å². The van der Waals surface area contributed by atoms with E-state index in [1.165, 1.54) is 0 Å². The summed E-state index contributed by atoms with van der Waals surface area (Å²) in [6, 6.07) is 7.60. The maximum Gasteiger partial charge on any atom is 0.374 e. The van der Waals surface area contributed by atoms with Gasteiger partial charge in [0, 0.05) is 17.6 Å². The van der Waals surface area contributed by atoms with E-state index in [2.05, 4.69) is 27.5 Å². The van der Waals surface area contributed by atoms with Crippen molar-refractivity contribution in [2.45, 2.75) is 32.4 Å². The first-order valence-electron chi connectivity index (χ1n) is 8.09. The first-order chi connectivity index (χ1) is 11.9. The molecule has 1 aromatic carbocycles. The molecule has 2 aromatic rings. The van der Waals surface area contributed by atoms with E-state index in [-0.39, 0.29) is 17.7 Å². The molecule has 3 rings (SSSR count). The predicted octanol–water partition coefficient (Wildman–Crippen LogP) is 3.23. The van der Waals surface area contributed by atoms with Gasteiger partial charge in [-0.3, -0.25) is 0 Å². The van der Waals surface area contributed by atoms with E-state index in [1.807, 2.05) is 12.1 Å². The van der Waals surface area contributed by atoms with Gasteiger partial charge in [0.15, 0.2) is 11.6 Å². The first kappa shape index (κ1) is 17.3. The number of anilines is 3. The van der Waals surface area contributed by atoms with Crippen molar-refractivity contribution in [1.82, 2.24) is 9.97 Å². The third kappa shape index (κ3) is 4.30. The molecule has 8 heteroatoms. The highest BCUT2D eigenvalue weighted by atomic mass is 35.5. The van der Waals surface area contributed by atoms with E-state index in [0.29, 0.717) is 29.0 Å². The molecule has 1 aliphatic rings. The van der Waals surface area contributed by atoms with Crippen LogP contribution in [-0.2, 0) is 6.54 Å². The van der Waals surface area contributed by atoms with Crippen molar-refractivity contribution in [3.8, 4) is 0 Å². The number of carboxylic acids is 1. The topological polar surface area (TPSA) is 113 Å². The molecule has 1 saturated carbocycles. The lowest BCUT2D eigenvalue weighted by Gasteiger charge is -2.19. The minimum Gasteiger partial charge on any atom is -0.475 e. The second kappa shape index (κ2) is 7.14. The summed E-state index contributed by atoms with van der Waals surface area (Å²) in [6.07, 6.45) is 2.32. The summed E-state index contributed by atoms with van der Waals surface area (Å²) in [5.74, 6) is -0.433. The Bertz CT molecular complexity index is 777. The van der Waals surface area contributed by atoms with Gasteiger partial charge in [0.25, 0.3) is 0 Å². The zero-order valence-electron chi connectivity index (χ0n) is 13.8. The van der Waals surface area contributed by atoms with E-state index in [4.69, 9.17) is 17.3 Å². The molecule has 0 saturated heterocycles. The quantitative estimate of drug-likeness (QED) is 0.598. The van der Waals surface area contributed by atoms with Gasteiger partial charge >= 0.3 is 5.97 Å². The summed E-state index contributed by atoms with van der Waals surface area (Å²) >= 11 is 5.89. The van der Waals surface area contributed by atoms with Crippen molar-refractivity contribution in [3.63, 3.8) is 0 Å². The summed E-state index contributed by atoms with van der Waals surface area (Å²) in [6.45, 7) is 2.54. The van der Waals surface area contributed by atoms with Crippen molar-refractivity contribution < 1.29 is 9.90 Å². The van der Waals surface area contributed by atoms with Gasteiger partial charge in [-0.2, -0.15) is 0 Å². The van der Waals surface area contributed by atoms with Gasteiger partial charge in [-0.05, 0) is 43.4 Å². The summed E-state index contributed by atoms with van der Waals surface area (Å²) in [4.78, 5) is 19.2. The number of benzene rings is 1. The van der Waals surface area contributed by atoms with Gasteiger partial charge in [0.05, 0.1) is 0 Å². The van der Waals surface area contributed by atoms with Gasteiger partial charge in [0.1, 0.15) is 5.69 Å². The molecule has 1 aromatic heterocycles. The molecule has 132 valence electrons. The summed E-state index contributed by atoms with van der Waals surface area (Å²) < 4.78 is 0. The zero-order chi connectivity index (χ0) is 18.0. The highest BCUT2D eigenvalue weighted by molar-refractivity contribution is 6.30. The van der Waals surface area contributed by atoms with Gasteiger partial charge in [0.2, 0.25) is 5.82 Å². The smallest absolute Gasteiger partial charge is 0.374 e. The summed E-state index contributed by atoms with van der Waals surface area (Å²) in [5, 5.41) is 16.3. The number of carbonyl (C=O) groups is 1. The lowest BCUT2D eigenvalue weighted by Crippen LogP contribution is -2.22. The number of halogens is 1. The van der Waals surface area contributed by atoms with Crippen molar-refractivity contribution >= 4 is 34.9 Å². The molecule has 7 nitrogen and oxygen atoms in total. The molecule has 0 radical (unpaired) electrons. The second-order valence-electron chi connectivity index (χ2n) is 6.21. The van der Waals surface area contributed by atoms with E-state index in [0.717, 1.165) is 18.4 Å². The van der Waals surface area contributed by atoms with Crippen molar-refractivity contribution in [3.05, 3.63) is 40.7 Å². The zero-order valence-corrected chi connectivity index (χ0v) is 14.5. The van der Waals surface area contributed by atoms with E-state index >= 15 is 0 Å². The SMILES string of the molecule is C[C@@H](Nc1nc(C(=O)O)nc(N)c1NCc1ccc(Cl)cc1)C1CC1. The number of nitrogens with two attached hydrogens (primary N) is 1. The highest BCUT2D eigenvalue weighted by Crippen LogP contribution is 2.35. The number of nitrogens with one attached hydrogen (secondary N) is 2. The number of nitrogen functional groups attached to an aromatic ring is 1. The van der Waals surface area contributed by atoms with Crippen LogP contribution in [0.5, 0.6) is 0 Å². The Balaban J connectivity index is 1.84. The molecule has 0 unspecified atom stereocenters. The van der Waals surface area contributed by atoms with Crippen LogP contribution in [0.25, 0.3) is 0 Å². The second-order valence-corrected chi connectivity index (χ2v) is 6.65. The molecule has 25 heavy (non-hydrogen) atoms. The van der Waals surface area contributed by atoms with Crippen LogP contribution in [0.3, 0.4) is 0 Å². The molecule has 0 aliphatic heterocycles. The van der Waals surface area contributed by atoms with Crippen LogP contribution in [0.2, 0.25) is 5.02 Å². The van der Waals surface area contributed by atoms with Crippen molar-refractivity contribution in [2.75, 3.05) is 16.4 Å². The molecule has 0 bridgehead atoms. The number of hydrogen-bond acceptors (Lipinski definition) is 6. The molecule has 1 atom stereocenters. The van der Waals surface area contributed by atoms with E-state index in [9.17, 15) is 9.90 Å². The monoisotopic (exact) mass is 361 g/mol. The molecule has 1 heterocycles. The Kier molecular flexibility index (Phi) is 4.94. The summed E-state index contributed by atoms with van der Waals surface area (Å²) in [7, 11) is 0.